The van der Waals surface area contributed by atoms with Crippen molar-refractivity contribution in [1.29, 1.82) is 0 Å². The van der Waals surface area contributed by atoms with Crippen molar-refractivity contribution in [3.05, 3.63) is 30.1 Å². The van der Waals surface area contributed by atoms with Crippen LogP contribution in [0.25, 0.3) is 0 Å². The number of amides is 2. The van der Waals surface area contributed by atoms with Gasteiger partial charge in [0.2, 0.25) is 11.8 Å². The molecule has 1 N–H and O–H groups in total. The topological polar surface area (TPSA) is 74.8 Å². The number of pyridine rings is 1. The first-order valence-electron chi connectivity index (χ1n) is 7.76. The number of morpholine rings is 1. The Labute approximate surface area is 136 Å². The summed E-state index contributed by atoms with van der Waals surface area (Å²) in [7, 11) is 1.90. The first-order chi connectivity index (χ1) is 11.0. The van der Waals surface area contributed by atoms with Crippen LogP contribution in [0.1, 0.15) is 12.5 Å². The second-order valence-corrected chi connectivity index (χ2v) is 5.79. The quantitative estimate of drug-likeness (QED) is 0.791. The van der Waals surface area contributed by atoms with Gasteiger partial charge in [0.1, 0.15) is 0 Å². The molecule has 2 heterocycles. The monoisotopic (exact) mass is 320 g/mol. The van der Waals surface area contributed by atoms with E-state index in [9.17, 15) is 9.59 Å². The van der Waals surface area contributed by atoms with Crippen LogP contribution in [0.3, 0.4) is 0 Å². The van der Waals surface area contributed by atoms with Crippen molar-refractivity contribution in [2.45, 2.75) is 19.6 Å². The zero-order valence-corrected chi connectivity index (χ0v) is 13.7. The zero-order chi connectivity index (χ0) is 16.7. The summed E-state index contributed by atoms with van der Waals surface area (Å²) in [5.74, 6) is -0.00758. The van der Waals surface area contributed by atoms with E-state index in [1.54, 1.807) is 24.2 Å². The van der Waals surface area contributed by atoms with Gasteiger partial charge in [-0.3, -0.25) is 19.5 Å². The van der Waals surface area contributed by atoms with Gasteiger partial charge < -0.3 is 15.0 Å². The molecule has 0 aliphatic carbocycles. The van der Waals surface area contributed by atoms with Crippen molar-refractivity contribution in [1.82, 2.24) is 20.1 Å². The molecule has 1 aliphatic heterocycles. The molecule has 1 atom stereocenters. The van der Waals surface area contributed by atoms with Crippen LogP contribution >= 0.6 is 0 Å². The van der Waals surface area contributed by atoms with E-state index in [4.69, 9.17) is 4.74 Å². The van der Waals surface area contributed by atoms with Gasteiger partial charge in [-0.25, -0.2) is 0 Å². The van der Waals surface area contributed by atoms with Crippen LogP contribution in [-0.4, -0.2) is 72.5 Å². The fraction of sp³-hybridized carbons (Fsp3) is 0.562. The lowest BCUT2D eigenvalue weighted by molar-refractivity contribution is -0.136. The maximum Gasteiger partial charge on any atom is 0.234 e. The third kappa shape index (κ3) is 5.96. The molecular weight excluding hydrogens is 296 g/mol. The van der Waals surface area contributed by atoms with Crippen LogP contribution in [0.5, 0.6) is 0 Å². The Morgan fingerprint density at radius 1 is 1.43 bits per heavy atom. The average molecular weight is 320 g/mol. The van der Waals surface area contributed by atoms with E-state index < -0.39 is 0 Å². The maximum atomic E-state index is 12.0. The lowest BCUT2D eigenvalue weighted by Crippen LogP contribution is -2.49. The molecule has 2 rings (SSSR count). The molecule has 0 bridgehead atoms. The van der Waals surface area contributed by atoms with Gasteiger partial charge in [-0.2, -0.15) is 0 Å². The zero-order valence-electron chi connectivity index (χ0n) is 13.7. The average Bonchev–Trinajstić information content (AvgIpc) is 2.54. The fourth-order valence-corrected chi connectivity index (χ4v) is 2.51. The number of rotatable bonds is 6. The van der Waals surface area contributed by atoms with Crippen molar-refractivity contribution in [2.75, 3.05) is 39.8 Å². The molecule has 1 aromatic rings. The van der Waals surface area contributed by atoms with Gasteiger partial charge in [0, 0.05) is 45.5 Å². The second-order valence-electron chi connectivity index (χ2n) is 5.79. The van der Waals surface area contributed by atoms with Gasteiger partial charge in [-0.05, 0) is 24.7 Å². The number of nitrogens with zero attached hydrogens (tertiary/aromatic N) is 3. The van der Waals surface area contributed by atoms with Gasteiger partial charge in [-0.15, -0.1) is 0 Å². The van der Waals surface area contributed by atoms with E-state index >= 15 is 0 Å². The largest absolute Gasteiger partial charge is 0.373 e. The smallest absolute Gasteiger partial charge is 0.234 e. The number of hydrogen-bond donors (Lipinski definition) is 1. The molecule has 126 valence electrons. The van der Waals surface area contributed by atoms with Gasteiger partial charge >= 0.3 is 0 Å². The number of carbonyl (C=O) groups excluding carboxylic acids is 2. The summed E-state index contributed by atoms with van der Waals surface area (Å²) in [6.45, 7) is 4.64. The van der Waals surface area contributed by atoms with E-state index in [0.29, 0.717) is 39.3 Å². The molecule has 1 unspecified atom stereocenters. The second kappa shape index (κ2) is 8.59. The molecule has 1 aliphatic rings. The Morgan fingerprint density at radius 2 is 2.17 bits per heavy atom. The molecule has 1 saturated heterocycles. The molecule has 7 heteroatoms. The highest BCUT2D eigenvalue weighted by Crippen LogP contribution is 2.05. The molecular formula is C16H24N4O3. The SMILES string of the molecule is CC(=O)N1CCOC(CNC(=O)CN(C)Cc2ccncc2)C1. The standard InChI is InChI=1S/C16H24N4O3/c1-13(21)20-7-8-23-15(11-20)9-18-16(22)12-19(2)10-14-3-5-17-6-4-14/h3-6,15H,7-12H2,1-2H3,(H,18,22). The highest BCUT2D eigenvalue weighted by molar-refractivity contribution is 5.78. The van der Waals surface area contributed by atoms with Crippen LogP contribution in [0.15, 0.2) is 24.5 Å². The molecule has 1 fully saturated rings. The highest BCUT2D eigenvalue weighted by Gasteiger charge is 2.22. The number of likely N-dealkylation sites (N-methyl/N-ethyl adjacent to an activating group) is 1. The number of carbonyl (C=O) groups is 2. The normalized spacial score (nSPS) is 18.0. The minimum atomic E-state index is -0.137. The maximum absolute atomic E-state index is 12.0. The van der Waals surface area contributed by atoms with E-state index in [0.717, 1.165) is 5.56 Å². The van der Waals surface area contributed by atoms with Crippen molar-refractivity contribution in [3.8, 4) is 0 Å². The third-order valence-corrected chi connectivity index (χ3v) is 3.73. The van der Waals surface area contributed by atoms with Gasteiger partial charge in [0.25, 0.3) is 0 Å². The van der Waals surface area contributed by atoms with E-state index in [1.807, 2.05) is 24.1 Å². The van der Waals surface area contributed by atoms with Crippen molar-refractivity contribution in [2.24, 2.45) is 0 Å². The summed E-state index contributed by atoms with van der Waals surface area (Å²) in [4.78, 5) is 31.0. The Hall–Kier alpha value is -1.99. The molecule has 7 nitrogen and oxygen atoms in total. The summed E-state index contributed by atoms with van der Waals surface area (Å²) in [5.41, 5.74) is 1.11. The summed E-state index contributed by atoms with van der Waals surface area (Å²) in [6.07, 6.45) is 3.34. The van der Waals surface area contributed by atoms with E-state index in [-0.39, 0.29) is 17.9 Å². The first kappa shape index (κ1) is 17.4. The van der Waals surface area contributed by atoms with Crippen LogP contribution < -0.4 is 5.32 Å². The summed E-state index contributed by atoms with van der Waals surface area (Å²) in [5, 5.41) is 2.87. The van der Waals surface area contributed by atoms with E-state index in [1.165, 1.54) is 0 Å². The number of aromatic nitrogens is 1. The van der Waals surface area contributed by atoms with Gasteiger partial charge in [0.15, 0.2) is 0 Å². The van der Waals surface area contributed by atoms with Crippen molar-refractivity contribution in [3.63, 3.8) is 0 Å². The lowest BCUT2D eigenvalue weighted by Gasteiger charge is -2.32. The van der Waals surface area contributed by atoms with Gasteiger partial charge in [0.05, 0.1) is 19.3 Å². The Kier molecular flexibility index (Phi) is 6.49. The minimum Gasteiger partial charge on any atom is -0.373 e. The van der Waals surface area contributed by atoms with Crippen LogP contribution in [0.4, 0.5) is 0 Å². The molecule has 0 saturated carbocycles. The Morgan fingerprint density at radius 3 is 2.87 bits per heavy atom. The lowest BCUT2D eigenvalue weighted by atomic mass is 10.2. The number of hydrogen-bond acceptors (Lipinski definition) is 5. The van der Waals surface area contributed by atoms with Crippen molar-refractivity contribution >= 4 is 11.8 Å². The Balaban J connectivity index is 1.69. The predicted octanol–water partition coefficient (Wildman–Crippen LogP) is -0.123. The highest BCUT2D eigenvalue weighted by atomic mass is 16.5. The molecule has 0 radical (unpaired) electrons. The van der Waals surface area contributed by atoms with E-state index in [2.05, 4.69) is 10.3 Å². The summed E-state index contributed by atoms with van der Waals surface area (Å²) in [6, 6.07) is 3.86. The van der Waals surface area contributed by atoms with Crippen molar-refractivity contribution < 1.29 is 14.3 Å². The van der Waals surface area contributed by atoms with Crippen LogP contribution in [0, 0.1) is 0 Å². The summed E-state index contributed by atoms with van der Waals surface area (Å²) >= 11 is 0. The predicted molar refractivity (Wildman–Crippen MR) is 85.6 cm³/mol. The van der Waals surface area contributed by atoms with Crippen LogP contribution in [0.2, 0.25) is 0 Å². The molecule has 1 aromatic heterocycles. The molecule has 23 heavy (non-hydrogen) atoms. The number of nitrogens with one attached hydrogen (secondary N) is 1. The first-order valence-corrected chi connectivity index (χ1v) is 7.76. The Bertz CT molecular complexity index is 523. The third-order valence-electron chi connectivity index (χ3n) is 3.73. The summed E-state index contributed by atoms with van der Waals surface area (Å²) < 4.78 is 5.58. The van der Waals surface area contributed by atoms with Gasteiger partial charge in [-0.1, -0.05) is 0 Å². The number of ether oxygens (including phenoxy) is 1. The fourth-order valence-electron chi connectivity index (χ4n) is 2.51. The molecule has 2 amide bonds. The van der Waals surface area contributed by atoms with Crippen LogP contribution in [-0.2, 0) is 20.9 Å². The molecule has 0 spiro atoms. The molecule has 0 aromatic carbocycles. The minimum absolute atomic E-state index is 0.0433.